The Bertz CT molecular complexity index is 290. The number of carboxylic acid groups (broad SMARTS) is 1. The van der Waals surface area contributed by atoms with Crippen molar-refractivity contribution in [2.45, 2.75) is 19.4 Å². The zero-order valence-electron chi connectivity index (χ0n) is 8.56. The summed E-state index contributed by atoms with van der Waals surface area (Å²) in [7, 11) is 0. The SMILES string of the molecule is CC1CCOC(C(=O)O)=C1C1COCO1. The molecule has 0 saturated carbocycles. The van der Waals surface area contributed by atoms with E-state index in [2.05, 4.69) is 0 Å². The molecular weight excluding hydrogens is 200 g/mol. The monoisotopic (exact) mass is 214 g/mol. The number of hydrogen-bond acceptors (Lipinski definition) is 4. The molecule has 2 rings (SSSR count). The molecule has 5 heteroatoms. The van der Waals surface area contributed by atoms with Gasteiger partial charge >= 0.3 is 5.97 Å². The molecule has 0 aromatic rings. The van der Waals surface area contributed by atoms with Crippen molar-refractivity contribution in [3.05, 3.63) is 11.3 Å². The highest BCUT2D eigenvalue weighted by atomic mass is 16.7. The van der Waals surface area contributed by atoms with Crippen molar-refractivity contribution < 1.29 is 24.1 Å². The summed E-state index contributed by atoms with van der Waals surface area (Å²) in [5.41, 5.74) is 0.728. The summed E-state index contributed by atoms with van der Waals surface area (Å²) in [5.74, 6) is -0.798. The molecule has 5 nitrogen and oxygen atoms in total. The zero-order valence-corrected chi connectivity index (χ0v) is 8.56. The molecule has 0 aliphatic carbocycles. The van der Waals surface area contributed by atoms with Gasteiger partial charge in [0.15, 0.2) is 0 Å². The predicted molar refractivity (Wildman–Crippen MR) is 50.1 cm³/mol. The van der Waals surface area contributed by atoms with Gasteiger partial charge in [-0.3, -0.25) is 0 Å². The van der Waals surface area contributed by atoms with Gasteiger partial charge in [-0.2, -0.15) is 0 Å². The van der Waals surface area contributed by atoms with Crippen LogP contribution in [0.3, 0.4) is 0 Å². The van der Waals surface area contributed by atoms with Crippen LogP contribution < -0.4 is 0 Å². The minimum atomic E-state index is -1.02. The molecule has 0 amide bonds. The molecule has 0 spiro atoms. The Kier molecular flexibility index (Phi) is 2.93. The lowest BCUT2D eigenvalue weighted by Crippen LogP contribution is -2.28. The number of ether oxygens (including phenoxy) is 3. The van der Waals surface area contributed by atoms with Crippen molar-refractivity contribution in [1.82, 2.24) is 0 Å². The summed E-state index contributed by atoms with van der Waals surface area (Å²) in [6.45, 7) is 3.09. The topological polar surface area (TPSA) is 65.0 Å². The lowest BCUT2D eigenvalue weighted by Gasteiger charge is -2.27. The summed E-state index contributed by atoms with van der Waals surface area (Å²) < 4.78 is 15.6. The molecule has 2 heterocycles. The van der Waals surface area contributed by atoms with E-state index in [1.54, 1.807) is 0 Å². The van der Waals surface area contributed by atoms with Crippen LogP contribution in [0.4, 0.5) is 0 Å². The zero-order chi connectivity index (χ0) is 10.8. The van der Waals surface area contributed by atoms with E-state index in [4.69, 9.17) is 19.3 Å². The number of carboxylic acids is 1. The first-order chi connectivity index (χ1) is 7.20. The van der Waals surface area contributed by atoms with Crippen LogP contribution in [0.2, 0.25) is 0 Å². The van der Waals surface area contributed by atoms with Crippen molar-refractivity contribution in [1.29, 1.82) is 0 Å². The summed E-state index contributed by atoms with van der Waals surface area (Å²) in [6, 6.07) is 0. The van der Waals surface area contributed by atoms with Crippen molar-refractivity contribution >= 4 is 5.97 Å². The average Bonchev–Trinajstić information content (AvgIpc) is 2.70. The average molecular weight is 214 g/mol. The summed E-state index contributed by atoms with van der Waals surface area (Å²) in [4.78, 5) is 11.0. The van der Waals surface area contributed by atoms with E-state index < -0.39 is 5.97 Å². The summed E-state index contributed by atoms with van der Waals surface area (Å²) >= 11 is 0. The first-order valence-electron chi connectivity index (χ1n) is 4.99. The molecule has 1 saturated heterocycles. The molecule has 0 bridgehead atoms. The van der Waals surface area contributed by atoms with E-state index in [1.165, 1.54) is 0 Å². The maximum Gasteiger partial charge on any atom is 0.371 e. The summed E-state index contributed by atoms with van der Waals surface area (Å²) in [5, 5.41) is 9.01. The van der Waals surface area contributed by atoms with Gasteiger partial charge < -0.3 is 19.3 Å². The molecule has 2 unspecified atom stereocenters. The Labute approximate surface area is 87.6 Å². The van der Waals surface area contributed by atoms with Gasteiger partial charge in [-0.15, -0.1) is 0 Å². The van der Waals surface area contributed by atoms with Gasteiger partial charge in [-0.1, -0.05) is 6.92 Å². The van der Waals surface area contributed by atoms with Crippen molar-refractivity contribution in [3.63, 3.8) is 0 Å². The minimum absolute atomic E-state index is 0.0456. The van der Waals surface area contributed by atoms with E-state index in [1.807, 2.05) is 6.92 Å². The first kappa shape index (κ1) is 10.4. The minimum Gasteiger partial charge on any atom is -0.486 e. The van der Waals surface area contributed by atoms with Crippen molar-refractivity contribution in [2.24, 2.45) is 5.92 Å². The largest absolute Gasteiger partial charge is 0.486 e. The normalized spacial score (nSPS) is 31.5. The molecule has 2 atom stereocenters. The smallest absolute Gasteiger partial charge is 0.371 e. The third kappa shape index (κ3) is 1.98. The second kappa shape index (κ2) is 4.20. The Hall–Kier alpha value is -1.07. The lowest BCUT2D eigenvalue weighted by molar-refractivity contribution is -0.137. The fourth-order valence-electron chi connectivity index (χ4n) is 1.96. The van der Waals surface area contributed by atoms with Gasteiger partial charge in [-0.25, -0.2) is 4.79 Å². The fraction of sp³-hybridized carbons (Fsp3) is 0.700. The number of hydrogen-bond donors (Lipinski definition) is 1. The Morgan fingerprint density at radius 3 is 2.93 bits per heavy atom. The molecule has 0 radical (unpaired) electrons. The number of rotatable bonds is 2. The van der Waals surface area contributed by atoms with Gasteiger partial charge in [0.05, 0.1) is 13.2 Å². The van der Waals surface area contributed by atoms with Gasteiger partial charge in [0.25, 0.3) is 0 Å². The second-order valence-electron chi connectivity index (χ2n) is 3.77. The van der Waals surface area contributed by atoms with Gasteiger partial charge in [0.2, 0.25) is 5.76 Å². The van der Waals surface area contributed by atoms with E-state index in [9.17, 15) is 4.79 Å². The van der Waals surface area contributed by atoms with Crippen LogP contribution in [0.5, 0.6) is 0 Å². The Morgan fingerprint density at radius 1 is 1.53 bits per heavy atom. The van der Waals surface area contributed by atoms with Crippen LogP contribution in [-0.4, -0.2) is 37.2 Å². The molecule has 84 valence electrons. The van der Waals surface area contributed by atoms with Crippen molar-refractivity contribution in [2.75, 3.05) is 20.0 Å². The molecule has 0 aromatic heterocycles. The van der Waals surface area contributed by atoms with Crippen LogP contribution in [0.25, 0.3) is 0 Å². The molecule has 2 aliphatic heterocycles. The van der Waals surface area contributed by atoms with E-state index >= 15 is 0 Å². The van der Waals surface area contributed by atoms with E-state index in [-0.39, 0.29) is 24.6 Å². The van der Waals surface area contributed by atoms with Crippen LogP contribution in [0.1, 0.15) is 13.3 Å². The number of carbonyl (C=O) groups is 1. The summed E-state index contributed by atoms with van der Waals surface area (Å²) in [6.07, 6.45) is 0.567. The molecule has 1 N–H and O–H groups in total. The number of aliphatic carboxylic acids is 1. The standard InChI is InChI=1S/C10H14O5/c1-6-2-3-14-9(10(11)12)8(6)7-4-13-5-15-7/h6-7H,2-5H2,1H3,(H,11,12). The van der Waals surface area contributed by atoms with Crippen LogP contribution >= 0.6 is 0 Å². The molecular formula is C10H14O5. The molecule has 0 aromatic carbocycles. The lowest BCUT2D eigenvalue weighted by atomic mass is 9.90. The van der Waals surface area contributed by atoms with E-state index in [0.717, 1.165) is 12.0 Å². The van der Waals surface area contributed by atoms with Gasteiger partial charge in [-0.05, 0) is 12.3 Å². The van der Waals surface area contributed by atoms with Crippen LogP contribution in [-0.2, 0) is 19.0 Å². The van der Waals surface area contributed by atoms with Crippen LogP contribution in [0.15, 0.2) is 11.3 Å². The third-order valence-electron chi connectivity index (χ3n) is 2.75. The van der Waals surface area contributed by atoms with Gasteiger partial charge in [0, 0.05) is 5.57 Å². The first-order valence-corrected chi connectivity index (χ1v) is 4.99. The Morgan fingerprint density at radius 2 is 2.33 bits per heavy atom. The highest BCUT2D eigenvalue weighted by Gasteiger charge is 2.33. The van der Waals surface area contributed by atoms with E-state index in [0.29, 0.717) is 13.2 Å². The highest BCUT2D eigenvalue weighted by molar-refractivity contribution is 5.85. The maximum atomic E-state index is 11.0. The quantitative estimate of drug-likeness (QED) is 0.735. The molecule has 2 aliphatic rings. The maximum absolute atomic E-state index is 11.0. The van der Waals surface area contributed by atoms with Crippen LogP contribution in [0, 0.1) is 5.92 Å². The molecule has 15 heavy (non-hydrogen) atoms. The van der Waals surface area contributed by atoms with Crippen molar-refractivity contribution in [3.8, 4) is 0 Å². The fourth-order valence-corrected chi connectivity index (χ4v) is 1.96. The second-order valence-corrected chi connectivity index (χ2v) is 3.77. The third-order valence-corrected chi connectivity index (χ3v) is 2.75. The molecule has 1 fully saturated rings. The predicted octanol–water partition coefficient (Wildman–Crippen LogP) is 0.754. The Balaban J connectivity index is 2.30. The highest BCUT2D eigenvalue weighted by Crippen LogP contribution is 2.31. The van der Waals surface area contributed by atoms with Gasteiger partial charge in [0.1, 0.15) is 12.9 Å².